The molecule has 6 heteroatoms. The summed E-state index contributed by atoms with van der Waals surface area (Å²) in [6.45, 7) is 1.79. The minimum absolute atomic E-state index is 0.209. The van der Waals surface area contributed by atoms with E-state index >= 15 is 0 Å². The van der Waals surface area contributed by atoms with Crippen molar-refractivity contribution in [1.29, 1.82) is 0 Å². The van der Waals surface area contributed by atoms with Gasteiger partial charge in [-0.3, -0.25) is 4.79 Å². The van der Waals surface area contributed by atoms with E-state index in [9.17, 15) is 9.59 Å². The molecule has 0 saturated carbocycles. The molecule has 0 bridgehead atoms. The Balaban J connectivity index is 1.97. The van der Waals surface area contributed by atoms with Gasteiger partial charge in [-0.1, -0.05) is 24.3 Å². The summed E-state index contributed by atoms with van der Waals surface area (Å²) in [4.78, 5) is 27.3. The smallest absolute Gasteiger partial charge is 0.322 e. The second-order valence-corrected chi connectivity index (χ2v) is 6.26. The molecule has 0 saturated heterocycles. The Morgan fingerprint density at radius 2 is 1.96 bits per heavy atom. The summed E-state index contributed by atoms with van der Waals surface area (Å²) in [5, 5.41) is 7.73. The fourth-order valence-electron chi connectivity index (χ4n) is 2.52. The summed E-state index contributed by atoms with van der Waals surface area (Å²) in [6.07, 6.45) is 0. The van der Waals surface area contributed by atoms with Gasteiger partial charge in [-0.05, 0) is 30.5 Å². The van der Waals surface area contributed by atoms with Gasteiger partial charge < -0.3 is 15.5 Å². The molecule has 5 nitrogen and oxygen atoms in total. The van der Waals surface area contributed by atoms with Gasteiger partial charge in [0.15, 0.2) is 0 Å². The van der Waals surface area contributed by atoms with Crippen LogP contribution in [-0.4, -0.2) is 23.9 Å². The van der Waals surface area contributed by atoms with Crippen molar-refractivity contribution in [3.8, 4) is 0 Å². The molecule has 2 aromatic rings. The van der Waals surface area contributed by atoms with E-state index in [1.54, 1.807) is 14.0 Å². The number of para-hydroxylation sites is 1. The van der Waals surface area contributed by atoms with Crippen molar-refractivity contribution >= 4 is 29.0 Å². The lowest BCUT2D eigenvalue weighted by Gasteiger charge is -2.33. The molecule has 3 amide bonds. The number of carbonyl (C=O) groups excluding carboxylic acids is 2. The van der Waals surface area contributed by atoms with Crippen LogP contribution in [0.2, 0.25) is 0 Å². The molecule has 1 aromatic heterocycles. The molecule has 0 spiro atoms. The predicted molar refractivity (Wildman–Crippen MR) is 91.1 cm³/mol. The van der Waals surface area contributed by atoms with Gasteiger partial charge in [0.1, 0.15) is 0 Å². The van der Waals surface area contributed by atoms with Crippen molar-refractivity contribution in [1.82, 2.24) is 10.2 Å². The van der Waals surface area contributed by atoms with Crippen LogP contribution in [0.3, 0.4) is 0 Å². The third kappa shape index (κ3) is 2.98. The molecule has 1 aromatic carbocycles. The zero-order valence-electron chi connectivity index (χ0n) is 12.9. The minimum atomic E-state index is -0.428. The summed E-state index contributed by atoms with van der Waals surface area (Å²) in [7, 11) is 1.66. The molecule has 118 valence electrons. The number of carbonyl (C=O) groups is 2. The molecular weight excluding hydrogens is 310 g/mol. The Labute approximate surface area is 138 Å². The molecule has 0 unspecified atom stereocenters. The van der Waals surface area contributed by atoms with Gasteiger partial charge in [0.05, 0.1) is 11.6 Å². The third-order valence-electron chi connectivity index (χ3n) is 3.86. The van der Waals surface area contributed by atoms with Gasteiger partial charge in [-0.2, -0.15) is 0 Å². The summed E-state index contributed by atoms with van der Waals surface area (Å²) in [5.74, 6) is -0.209. The maximum absolute atomic E-state index is 12.8. The number of anilines is 1. The first-order valence-electron chi connectivity index (χ1n) is 7.22. The van der Waals surface area contributed by atoms with E-state index < -0.39 is 6.04 Å². The maximum Gasteiger partial charge on any atom is 0.322 e. The van der Waals surface area contributed by atoms with Crippen LogP contribution in [0, 0.1) is 0 Å². The van der Waals surface area contributed by atoms with Crippen molar-refractivity contribution in [2.24, 2.45) is 0 Å². The number of amides is 3. The number of urea groups is 1. The van der Waals surface area contributed by atoms with E-state index in [1.165, 1.54) is 16.2 Å². The normalized spacial score (nSPS) is 17.9. The highest BCUT2D eigenvalue weighted by Crippen LogP contribution is 2.32. The number of benzene rings is 1. The summed E-state index contributed by atoms with van der Waals surface area (Å²) >= 11 is 1.51. The number of rotatable bonds is 3. The van der Waals surface area contributed by atoms with Crippen molar-refractivity contribution in [2.75, 3.05) is 12.4 Å². The zero-order valence-corrected chi connectivity index (χ0v) is 13.7. The third-order valence-corrected chi connectivity index (χ3v) is 4.80. The number of allylic oxidation sites excluding steroid dienone is 1. The van der Waals surface area contributed by atoms with Crippen LogP contribution >= 0.6 is 11.3 Å². The number of hydrogen-bond donors (Lipinski definition) is 2. The van der Waals surface area contributed by atoms with Crippen molar-refractivity contribution in [3.05, 3.63) is 64.0 Å². The largest absolute Gasteiger partial charge is 0.326 e. The van der Waals surface area contributed by atoms with Crippen LogP contribution in [0.15, 0.2) is 59.1 Å². The Hall–Kier alpha value is -2.60. The van der Waals surface area contributed by atoms with Crippen LogP contribution in [0.1, 0.15) is 17.8 Å². The topological polar surface area (TPSA) is 61.4 Å². The van der Waals surface area contributed by atoms with E-state index in [2.05, 4.69) is 10.6 Å². The van der Waals surface area contributed by atoms with Crippen LogP contribution in [-0.2, 0) is 4.79 Å². The first-order chi connectivity index (χ1) is 11.1. The lowest BCUT2D eigenvalue weighted by Crippen LogP contribution is -2.46. The van der Waals surface area contributed by atoms with E-state index in [0.717, 1.165) is 10.6 Å². The van der Waals surface area contributed by atoms with Crippen molar-refractivity contribution in [2.45, 2.75) is 13.0 Å². The molecular formula is C17H17N3O2S. The molecule has 0 radical (unpaired) electrons. The molecule has 1 aliphatic heterocycles. The highest BCUT2D eigenvalue weighted by Gasteiger charge is 2.34. The molecule has 1 atom stereocenters. The second-order valence-electron chi connectivity index (χ2n) is 5.28. The number of hydrogen-bond acceptors (Lipinski definition) is 3. The molecule has 2 N–H and O–H groups in total. The van der Waals surface area contributed by atoms with Crippen LogP contribution in [0.5, 0.6) is 0 Å². The van der Waals surface area contributed by atoms with Gasteiger partial charge in [0.2, 0.25) is 0 Å². The molecule has 0 fully saturated rings. The van der Waals surface area contributed by atoms with E-state index in [1.807, 2.05) is 47.8 Å². The predicted octanol–water partition coefficient (Wildman–Crippen LogP) is 3.36. The van der Waals surface area contributed by atoms with Crippen LogP contribution < -0.4 is 10.6 Å². The summed E-state index contributed by atoms with van der Waals surface area (Å²) < 4.78 is 0. The number of nitrogens with one attached hydrogen (secondary N) is 2. The average Bonchev–Trinajstić information content (AvgIpc) is 3.07. The standard InChI is InChI=1S/C17H17N3O2S/c1-11-14(16(21)18-12-7-4-3-5-8-12)15(13-9-6-10-23-13)19-17(22)20(11)2/h3-10,15H,1-2H3,(H,18,21)(H,19,22)/t15-/m1/s1. The first kappa shape index (κ1) is 15.3. The van der Waals surface area contributed by atoms with Gasteiger partial charge >= 0.3 is 6.03 Å². The second kappa shape index (κ2) is 6.26. The minimum Gasteiger partial charge on any atom is -0.326 e. The maximum atomic E-state index is 12.8. The van der Waals surface area contributed by atoms with E-state index in [0.29, 0.717) is 11.3 Å². The highest BCUT2D eigenvalue weighted by atomic mass is 32.1. The Morgan fingerprint density at radius 3 is 2.61 bits per heavy atom. The van der Waals surface area contributed by atoms with Crippen LogP contribution in [0.4, 0.5) is 10.5 Å². The van der Waals surface area contributed by atoms with E-state index in [-0.39, 0.29) is 11.9 Å². The SMILES string of the molecule is CC1=C(C(=O)Nc2ccccc2)[C@@H](c2cccs2)NC(=O)N1C. The van der Waals surface area contributed by atoms with Gasteiger partial charge in [0, 0.05) is 23.3 Å². The monoisotopic (exact) mass is 327 g/mol. The first-order valence-corrected chi connectivity index (χ1v) is 8.10. The summed E-state index contributed by atoms with van der Waals surface area (Å²) in [5.41, 5.74) is 1.93. The van der Waals surface area contributed by atoms with Gasteiger partial charge in [-0.15, -0.1) is 11.3 Å². The van der Waals surface area contributed by atoms with Gasteiger partial charge in [0.25, 0.3) is 5.91 Å². The fraction of sp³-hybridized carbons (Fsp3) is 0.176. The molecule has 3 rings (SSSR count). The van der Waals surface area contributed by atoms with Crippen molar-refractivity contribution < 1.29 is 9.59 Å². The van der Waals surface area contributed by atoms with Crippen LogP contribution in [0.25, 0.3) is 0 Å². The number of thiophene rings is 1. The number of nitrogens with zero attached hydrogens (tertiary/aromatic N) is 1. The highest BCUT2D eigenvalue weighted by molar-refractivity contribution is 7.10. The molecule has 23 heavy (non-hydrogen) atoms. The Morgan fingerprint density at radius 1 is 1.22 bits per heavy atom. The Kier molecular flexibility index (Phi) is 4.16. The average molecular weight is 327 g/mol. The lowest BCUT2D eigenvalue weighted by atomic mass is 9.99. The summed E-state index contributed by atoms with van der Waals surface area (Å²) in [6, 6.07) is 12.5. The Bertz CT molecular complexity index is 753. The fourth-order valence-corrected chi connectivity index (χ4v) is 3.30. The molecule has 1 aliphatic rings. The van der Waals surface area contributed by atoms with E-state index in [4.69, 9.17) is 0 Å². The molecule has 0 aliphatic carbocycles. The lowest BCUT2D eigenvalue weighted by molar-refractivity contribution is -0.113. The zero-order chi connectivity index (χ0) is 16.4. The van der Waals surface area contributed by atoms with Gasteiger partial charge in [-0.25, -0.2) is 4.79 Å². The molecule has 2 heterocycles. The quantitative estimate of drug-likeness (QED) is 0.908. The van der Waals surface area contributed by atoms with Crippen molar-refractivity contribution in [3.63, 3.8) is 0 Å².